The van der Waals surface area contributed by atoms with Gasteiger partial charge >= 0.3 is 0 Å². The summed E-state index contributed by atoms with van der Waals surface area (Å²) >= 11 is 0. The maximum atomic E-state index is 4.54. The minimum atomic E-state index is 0.675. The van der Waals surface area contributed by atoms with Crippen LogP contribution in [0.5, 0.6) is 0 Å². The second kappa shape index (κ2) is 5.77. The molecule has 6 nitrogen and oxygen atoms in total. The molecule has 0 radical (unpaired) electrons. The molecule has 0 spiro atoms. The molecule has 0 bridgehead atoms. The smallest absolute Gasteiger partial charge is 0.157 e. The number of aromatic nitrogens is 5. The third kappa shape index (κ3) is 2.74. The minimum Gasteiger partial charge on any atom is -0.335 e. The van der Waals surface area contributed by atoms with Crippen LogP contribution in [0.2, 0.25) is 0 Å². The predicted molar refractivity (Wildman–Crippen MR) is 89.0 cm³/mol. The van der Waals surface area contributed by atoms with Crippen molar-refractivity contribution < 1.29 is 0 Å². The Labute approximate surface area is 135 Å². The van der Waals surface area contributed by atoms with E-state index in [0.29, 0.717) is 5.92 Å². The second-order valence-corrected chi connectivity index (χ2v) is 6.46. The fourth-order valence-electron chi connectivity index (χ4n) is 3.47. The van der Waals surface area contributed by atoms with Crippen molar-refractivity contribution in [2.45, 2.75) is 32.9 Å². The first-order chi connectivity index (χ1) is 11.2. The Morgan fingerprint density at radius 2 is 2.26 bits per heavy atom. The fourth-order valence-corrected chi connectivity index (χ4v) is 3.47. The summed E-state index contributed by atoms with van der Waals surface area (Å²) in [4.78, 5) is 8.92. The molecule has 1 atom stereocenters. The number of hydrogen-bond donors (Lipinski definition) is 1. The minimum absolute atomic E-state index is 0.675. The van der Waals surface area contributed by atoms with Crippen LogP contribution < -0.4 is 5.32 Å². The second-order valence-electron chi connectivity index (χ2n) is 6.46. The normalized spacial score (nSPS) is 17.6. The molecule has 3 aromatic rings. The summed E-state index contributed by atoms with van der Waals surface area (Å²) in [7, 11) is 1.94. The maximum absolute atomic E-state index is 4.54. The van der Waals surface area contributed by atoms with E-state index in [2.05, 4.69) is 37.2 Å². The Morgan fingerprint density at radius 3 is 3.17 bits per heavy atom. The van der Waals surface area contributed by atoms with Crippen LogP contribution in [0.4, 0.5) is 0 Å². The molecule has 0 amide bonds. The Bertz CT molecular complexity index is 831. The Hall–Kier alpha value is -2.21. The average molecular weight is 310 g/mol. The van der Waals surface area contributed by atoms with Gasteiger partial charge in [-0.25, -0.2) is 9.97 Å². The molecule has 0 fully saturated rings. The average Bonchev–Trinajstić information content (AvgIpc) is 3.12. The molecule has 6 heteroatoms. The Morgan fingerprint density at radius 1 is 1.35 bits per heavy atom. The van der Waals surface area contributed by atoms with E-state index in [4.69, 9.17) is 0 Å². The molecule has 4 heterocycles. The van der Waals surface area contributed by atoms with Crippen molar-refractivity contribution in [1.29, 1.82) is 0 Å². The third-order valence-electron chi connectivity index (χ3n) is 4.71. The summed E-state index contributed by atoms with van der Waals surface area (Å²) in [6, 6.07) is 2.20. The standard InChI is InChI=1S/C17H22N6/c1-12-15-7-14(10-20-17(15)22(2)21-12)9-18-8-13-3-4-16-19-5-6-23(16)11-13/h5-7,10,13,18H,3-4,8-9,11H2,1-2H3/t13-/m0/s1. The van der Waals surface area contributed by atoms with Crippen LogP contribution >= 0.6 is 0 Å². The summed E-state index contributed by atoms with van der Waals surface area (Å²) in [5, 5.41) is 9.16. The van der Waals surface area contributed by atoms with E-state index in [1.807, 2.05) is 31.0 Å². The summed E-state index contributed by atoms with van der Waals surface area (Å²) in [6.07, 6.45) is 8.24. The number of fused-ring (bicyclic) bond motifs is 2. The number of imidazole rings is 1. The molecule has 1 aliphatic heterocycles. The predicted octanol–water partition coefficient (Wildman–Crippen LogP) is 1.83. The molecular weight excluding hydrogens is 288 g/mol. The van der Waals surface area contributed by atoms with Gasteiger partial charge in [0.1, 0.15) is 5.82 Å². The number of nitrogens with zero attached hydrogens (tertiary/aromatic N) is 5. The molecule has 0 aliphatic carbocycles. The van der Waals surface area contributed by atoms with Crippen LogP contribution in [0.1, 0.15) is 23.5 Å². The van der Waals surface area contributed by atoms with Crippen molar-refractivity contribution in [2.24, 2.45) is 13.0 Å². The highest BCUT2D eigenvalue weighted by Crippen LogP contribution is 2.19. The van der Waals surface area contributed by atoms with Crippen molar-refractivity contribution in [3.63, 3.8) is 0 Å². The van der Waals surface area contributed by atoms with Crippen molar-refractivity contribution >= 4 is 11.0 Å². The monoisotopic (exact) mass is 310 g/mol. The van der Waals surface area contributed by atoms with Crippen molar-refractivity contribution in [3.05, 3.63) is 41.7 Å². The van der Waals surface area contributed by atoms with Gasteiger partial charge in [0.05, 0.1) is 5.69 Å². The summed E-state index contributed by atoms with van der Waals surface area (Å²) in [6.45, 7) is 4.99. The van der Waals surface area contributed by atoms with Crippen molar-refractivity contribution in [1.82, 2.24) is 29.6 Å². The summed E-state index contributed by atoms with van der Waals surface area (Å²) in [5.41, 5.74) is 3.20. The van der Waals surface area contributed by atoms with Crippen molar-refractivity contribution in [3.8, 4) is 0 Å². The molecule has 0 saturated heterocycles. The fraction of sp³-hybridized carbons (Fsp3) is 0.471. The Kier molecular flexibility index (Phi) is 3.61. The zero-order valence-corrected chi connectivity index (χ0v) is 13.7. The first-order valence-corrected chi connectivity index (χ1v) is 8.19. The van der Waals surface area contributed by atoms with Gasteiger partial charge in [-0.2, -0.15) is 5.10 Å². The molecule has 1 aliphatic rings. The van der Waals surface area contributed by atoms with E-state index in [1.165, 1.54) is 17.8 Å². The summed E-state index contributed by atoms with van der Waals surface area (Å²) in [5.74, 6) is 1.90. The highest BCUT2D eigenvalue weighted by molar-refractivity contribution is 5.78. The Balaban J connectivity index is 1.37. The lowest BCUT2D eigenvalue weighted by atomic mass is 9.99. The van der Waals surface area contributed by atoms with Crippen LogP contribution in [0, 0.1) is 12.8 Å². The van der Waals surface area contributed by atoms with Crippen LogP contribution in [0.25, 0.3) is 11.0 Å². The van der Waals surface area contributed by atoms with Crippen molar-refractivity contribution in [2.75, 3.05) is 6.54 Å². The molecule has 0 unspecified atom stereocenters. The van der Waals surface area contributed by atoms with Gasteiger partial charge in [0.25, 0.3) is 0 Å². The first-order valence-electron chi connectivity index (χ1n) is 8.19. The molecule has 3 aromatic heterocycles. The molecule has 120 valence electrons. The topological polar surface area (TPSA) is 60.6 Å². The van der Waals surface area contributed by atoms with Gasteiger partial charge in [0, 0.05) is 50.5 Å². The van der Waals surface area contributed by atoms with E-state index in [1.54, 1.807) is 0 Å². The van der Waals surface area contributed by atoms with E-state index >= 15 is 0 Å². The molecule has 0 saturated carbocycles. The molecule has 23 heavy (non-hydrogen) atoms. The van der Waals surface area contributed by atoms with Crippen LogP contribution in [0.3, 0.4) is 0 Å². The number of nitrogens with one attached hydrogen (secondary N) is 1. The van der Waals surface area contributed by atoms with E-state index < -0.39 is 0 Å². The molecule has 1 N–H and O–H groups in total. The number of hydrogen-bond acceptors (Lipinski definition) is 4. The first kappa shape index (κ1) is 14.4. The third-order valence-corrected chi connectivity index (χ3v) is 4.71. The molecular formula is C17H22N6. The lowest BCUT2D eigenvalue weighted by Gasteiger charge is -2.24. The number of pyridine rings is 1. The van der Waals surface area contributed by atoms with Gasteiger partial charge in [-0.1, -0.05) is 0 Å². The van der Waals surface area contributed by atoms with Crippen LogP contribution in [-0.4, -0.2) is 30.9 Å². The number of aryl methyl sites for hydroxylation is 3. The highest BCUT2D eigenvalue weighted by Gasteiger charge is 2.18. The van der Waals surface area contributed by atoms with Crippen LogP contribution in [-0.2, 0) is 26.6 Å². The van der Waals surface area contributed by atoms with Gasteiger partial charge in [-0.3, -0.25) is 4.68 Å². The van der Waals surface area contributed by atoms with Gasteiger partial charge in [-0.15, -0.1) is 0 Å². The number of rotatable bonds is 4. The quantitative estimate of drug-likeness (QED) is 0.798. The van der Waals surface area contributed by atoms with E-state index in [-0.39, 0.29) is 0 Å². The van der Waals surface area contributed by atoms with E-state index in [0.717, 1.165) is 42.8 Å². The highest BCUT2D eigenvalue weighted by atomic mass is 15.3. The van der Waals surface area contributed by atoms with Gasteiger partial charge < -0.3 is 9.88 Å². The zero-order valence-electron chi connectivity index (χ0n) is 13.7. The van der Waals surface area contributed by atoms with Gasteiger partial charge in [0.15, 0.2) is 5.65 Å². The van der Waals surface area contributed by atoms with E-state index in [9.17, 15) is 0 Å². The molecule has 0 aromatic carbocycles. The summed E-state index contributed by atoms with van der Waals surface area (Å²) < 4.78 is 4.12. The van der Waals surface area contributed by atoms with Gasteiger partial charge in [-0.05, 0) is 37.4 Å². The van der Waals surface area contributed by atoms with Crippen LogP contribution in [0.15, 0.2) is 24.7 Å². The van der Waals surface area contributed by atoms with Gasteiger partial charge in [0.2, 0.25) is 0 Å². The SMILES string of the molecule is Cc1nn(C)c2ncc(CNC[C@@H]3CCc4nccn4C3)cc12. The molecule has 4 rings (SSSR count). The largest absolute Gasteiger partial charge is 0.335 e. The zero-order chi connectivity index (χ0) is 15.8. The lowest BCUT2D eigenvalue weighted by Crippen LogP contribution is -2.29. The maximum Gasteiger partial charge on any atom is 0.157 e. The lowest BCUT2D eigenvalue weighted by molar-refractivity contribution is 0.347.